The highest BCUT2D eigenvalue weighted by Gasteiger charge is 2.21. The average molecular weight is 877 g/mol. The smallest absolute Gasteiger partial charge is 0.0541 e. The second kappa shape index (κ2) is 15.6. The fourth-order valence-electron chi connectivity index (χ4n) is 11.5. The van der Waals surface area contributed by atoms with Crippen molar-refractivity contribution in [2.45, 2.75) is 6.42 Å². The minimum Gasteiger partial charge on any atom is -0.309 e. The number of aromatic nitrogens is 2. The molecule has 0 aliphatic heterocycles. The number of benzene rings is 11. The first kappa shape index (κ1) is 39.2. The van der Waals surface area contributed by atoms with Crippen LogP contribution in [0.4, 0.5) is 0 Å². The van der Waals surface area contributed by atoms with E-state index < -0.39 is 0 Å². The Morgan fingerprint density at radius 1 is 0.348 bits per heavy atom. The molecule has 1 aliphatic carbocycles. The van der Waals surface area contributed by atoms with Gasteiger partial charge in [0, 0.05) is 32.9 Å². The maximum Gasteiger partial charge on any atom is 0.0541 e. The van der Waals surface area contributed by atoms with Crippen LogP contribution in [0.3, 0.4) is 0 Å². The molecule has 0 saturated heterocycles. The maximum atomic E-state index is 4.74. The van der Waals surface area contributed by atoms with Crippen LogP contribution in [-0.4, -0.2) is 9.13 Å². The molecule has 322 valence electrons. The third kappa shape index (κ3) is 6.12. The van der Waals surface area contributed by atoms with Crippen LogP contribution in [0.15, 0.2) is 243 Å². The fourth-order valence-corrected chi connectivity index (χ4v) is 11.5. The van der Waals surface area contributed by atoms with E-state index in [1.165, 1.54) is 126 Å². The number of nitrogens with zero attached hydrogens (tertiary/aromatic N) is 2. The van der Waals surface area contributed by atoms with Gasteiger partial charge in [0.1, 0.15) is 0 Å². The number of hydrogen-bond donors (Lipinski definition) is 0. The molecule has 2 aromatic heterocycles. The van der Waals surface area contributed by atoms with Crippen LogP contribution < -0.4 is 0 Å². The van der Waals surface area contributed by atoms with Crippen LogP contribution in [0.1, 0.15) is 17.5 Å². The van der Waals surface area contributed by atoms with Gasteiger partial charge in [-0.2, -0.15) is 0 Å². The standard InChI is InChI=1S/C67H44N2/c1-43-18-6-3-2-4-9-26-57-58(42-61-53-23-11-10-21-51(53)52-22-12-13-27-56(52)67(61)66(43)57)47-31-30-44-32-35-50(39-48(44)38-47)69-63-29-17-15-25-55(63)60-41-46(34-37-65(60)69)45-33-36-64-59(40-45)54-24-14-16-28-62(54)68(64)49-19-7-5-8-20-49/h2-3,5-42H,1,4H2/b3-2-,18-6-,26-9-. The Kier molecular flexibility index (Phi) is 8.84. The first-order valence-electron chi connectivity index (χ1n) is 23.9. The first-order chi connectivity index (χ1) is 34.2. The summed E-state index contributed by atoms with van der Waals surface area (Å²) >= 11 is 0. The third-order valence-electron chi connectivity index (χ3n) is 14.6. The number of fused-ring (bicyclic) bond motifs is 15. The van der Waals surface area contributed by atoms with Gasteiger partial charge in [0.2, 0.25) is 0 Å². The van der Waals surface area contributed by atoms with Gasteiger partial charge < -0.3 is 9.13 Å². The molecule has 2 nitrogen and oxygen atoms in total. The Morgan fingerprint density at radius 2 is 0.899 bits per heavy atom. The Labute approximate surface area is 399 Å². The number of para-hydroxylation sites is 3. The number of rotatable bonds is 4. The largest absolute Gasteiger partial charge is 0.309 e. The summed E-state index contributed by atoms with van der Waals surface area (Å²) in [5.74, 6) is 0. The monoisotopic (exact) mass is 876 g/mol. The Morgan fingerprint density at radius 3 is 1.59 bits per heavy atom. The lowest BCUT2D eigenvalue weighted by atomic mass is 9.82. The van der Waals surface area contributed by atoms with Crippen molar-refractivity contribution in [1.82, 2.24) is 9.13 Å². The molecule has 0 spiro atoms. The Bertz CT molecular complexity index is 4400. The van der Waals surface area contributed by atoms with Crippen LogP contribution in [0.25, 0.3) is 132 Å². The molecule has 0 saturated carbocycles. The zero-order valence-corrected chi connectivity index (χ0v) is 37.9. The van der Waals surface area contributed by atoms with E-state index in [1.54, 1.807) is 0 Å². The molecule has 0 fully saturated rings. The minimum atomic E-state index is 0.850. The molecule has 69 heavy (non-hydrogen) atoms. The zero-order valence-electron chi connectivity index (χ0n) is 37.9. The van der Waals surface area contributed by atoms with Crippen LogP contribution >= 0.6 is 0 Å². The third-order valence-corrected chi connectivity index (χ3v) is 14.6. The molecule has 2 heterocycles. The Balaban J connectivity index is 0.938. The summed E-state index contributed by atoms with van der Waals surface area (Å²) in [6.07, 6.45) is 14.1. The average Bonchev–Trinajstić information content (AvgIpc) is 3.92. The van der Waals surface area contributed by atoms with Gasteiger partial charge in [-0.3, -0.25) is 0 Å². The van der Waals surface area contributed by atoms with Crippen LogP contribution in [0.2, 0.25) is 0 Å². The highest BCUT2D eigenvalue weighted by molar-refractivity contribution is 6.29. The van der Waals surface area contributed by atoms with E-state index in [0.717, 1.165) is 17.7 Å². The fraction of sp³-hybridized carbons (Fsp3) is 0.0149. The number of hydrogen-bond acceptors (Lipinski definition) is 0. The van der Waals surface area contributed by atoms with Gasteiger partial charge in [0.15, 0.2) is 0 Å². The molecule has 0 unspecified atom stereocenters. The molecule has 0 amide bonds. The normalized spacial score (nSPS) is 14.4. The van der Waals surface area contributed by atoms with Crippen molar-refractivity contribution < 1.29 is 0 Å². The van der Waals surface area contributed by atoms with Gasteiger partial charge in [-0.05, 0) is 161 Å². The van der Waals surface area contributed by atoms with E-state index in [0.29, 0.717) is 0 Å². The van der Waals surface area contributed by atoms with Crippen molar-refractivity contribution >= 4 is 98.4 Å². The quantitative estimate of drug-likeness (QED) is 0.156. The number of allylic oxidation sites excluding steroid dienone is 6. The topological polar surface area (TPSA) is 9.86 Å². The van der Waals surface area contributed by atoms with E-state index >= 15 is 0 Å². The van der Waals surface area contributed by atoms with Crippen LogP contribution in [0.5, 0.6) is 0 Å². The van der Waals surface area contributed by atoms with E-state index in [9.17, 15) is 0 Å². The second-order valence-corrected chi connectivity index (χ2v) is 18.4. The van der Waals surface area contributed by atoms with E-state index in [1.807, 2.05) is 0 Å². The van der Waals surface area contributed by atoms with Gasteiger partial charge in [0.05, 0.1) is 22.1 Å². The summed E-state index contributed by atoms with van der Waals surface area (Å²) in [5.41, 5.74) is 15.3. The highest BCUT2D eigenvalue weighted by atomic mass is 15.0. The summed E-state index contributed by atoms with van der Waals surface area (Å²) in [4.78, 5) is 0. The molecule has 0 bridgehead atoms. The summed E-state index contributed by atoms with van der Waals surface area (Å²) in [5, 5.41) is 14.9. The predicted molar refractivity (Wildman–Crippen MR) is 297 cm³/mol. The van der Waals surface area contributed by atoms with Crippen molar-refractivity contribution in [3.05, 3.63) is 254 Å². The van der Waals surface area contributed by atoms with Crippen molar-refractivity contribution in [3.8, 4) is 33.6 Å². The molecule has 13 aromatic rings. The van der Waals surface area contributed by atoms with Crippen LogP contribution in [0, 0.1) is 0 Å². The van der Waals surface area contributed by atoms with Crippen LogP contribution in [-0.2, 0) is 0 Å². The molecule has 14 rings (SSSR count). The predicted octanol–water partition coefficient (Wildman–Crippen LogP) is 18.4. The lowest BCUT2D eigenvalue weighted by molar-refractivity contribution is 1.18. The maximum absolute atomic E-state index is 4.74. The molecular weight excluding hydrogens is 833 g/mol. The summed E-state index contributed by atoms with van der Waals surface area (Å²) in [6, 6.07) is 76.3. The van der Waals surface area contributed by atoms with Gasteiger partial charge >= 0.3 is 0 Å². The molecule has 0 atom stereocenters. The molecule has 0 radical (unpaired) electrons. The lowest BCUT2D eigenvalue weighted by Gasteiger charge is -2.21. The molecule has 1 aliphatic rings. The minimum absolute atomic E-state index is 0.850. The second-order valence-electron chi connectivity index (χ2n) is 18.4. The summed E-state index contributed by atoms with van der Waals surface area (Å²) in [7, 11) is 0. The molecular formula is C67H44N2. The highest BCUT2D eigenvalue weighted by Crippen LogP contribution is 2.46. The van der Waals surface area contributed by atoms with E-state index in [4.69, 9.17) is 6.58 Å². The van der Waals surface area contributed by atoms with Gasteiger partial charge in [0.25, 0.3) is 0 Å². The molecule has 2 heteroatoms. The van der Waals surface area contributed by atoms with Crippen molar-refractivity contribution in [3.63, 3.8) is 0 Å². The van der Waals surface area contributed by atoms with Gasteiger partial charge in [-0.25, -0.2) is 0 Å². The SMILES string of the molecule is C=C1/C=C\C=C/C/C=C\c2c(-c3ccc4ccc(-n5c6ccccc6c6cc(-c7ccc8c(c7)c7ccccc7n8-c7ccccc7)ccc65)cc4c3)cc3c4ccccc4c4ccccc4c3c21. The summed E-state index contributed by atoms with van der Waals surface area (Å²) < 4.78 is 4.82. The molecule has 11 aromatic carbocycles. The van der Waals surface area contributed by atoms with Crippen molar-refractivity contribution in [2.24, 2.45) is 0 Å². The summed E-state index contributed by atoms with van der Waals surface area (Å²) in [6.45, 7) is 4.74. The van der Waals surface area contributed by atoms with Crippen molar-refractivity contribution in [2.75, 3.05) is 0 Å². The van der Waals surface area contributed by atoms with E-state index in [-0.39, 0.29) is 0 Å². The zero-order chi connectivity index (χ0) is 45.6. The van der Waals surface area contributed by atoms with Gasteiger partial charge in [-0.1, -0.05) is 176 Å². The lowest BCUT2D eigenvalue weighted by Crippen LogP contribution is -1.97. The Hall–Kier alpha value is -8.98. The van der Waals surface area contributed by atoms with Crippen molar-refractivity contribution in [1.29, 1.82) is 0 Å². The van der Waals surface area contributed by atoms with E-state index in [2.05, 4.69) is 252 Å². The first-order valence-corrected chi connectivity index (χ1v) is 23.9. The van der Waals surface area contributed by atoms with Gasteiger partial charge in [-0.15, -0.1) is 0 Å². The molecule has 0 N–H and O–H groups in total.